The second-order valence-electron chi connectivity index (χ2n) is 18.1. The molecule has 60 heavy (non-hydrogen) atoms. The van der Waals surface area contributed by atoms with Gasteiger partial charge in [-0.3, -0.25) is 4.79 Å². The van der Waals surface area contributed by atoms with E-state index in [1.807, 2.05) is 80.5 Å². The molecule has 3 aromatic rings. The van der Waals surface area contributed by atoms with E-state index in [4.69, 9.17) is 18.9 Å². The number of likely N-dealkylation sites (N-methyl/N-ethyl adjacent to an activating group) is 2. The number of carbonyl (C=O) groups is 1. The van der Waals surface area contributed by atoms with E-state index in [9.17, 15) is 25.2 Å². The van der Waals surface area contributed by atoms with Crippen molar-refractivity contribution in [1.82, 2.24) is 34.3 Å². The molecule has 4 heterocycles. The number of carbonyl (C=O) groups excluding carboxylic acids is 1. The van der Waals surface area contributed by atoms with Crippen molar-refractivity contribution < 1.29 is 44.2 Å². The fraction of sp³-hybridized carbons (Fsp3) is 0.727. The standard InChI is InChI=1S/C44H71N7O9/c1-12-36-44(8,56)39(53)31(6)49(10)23-27(2)22-43(7,55)40(29(4)38(57-11)30(5)41(54)59-36)60-42-37(52)35(21-28(3)58-42)48(9)19-17-33-25-51(47-46-33)24-32-13-15-34(16-14-32)50-20-18-45-26-50/h13-16,18,20,25-31,35-40,42,52-53,55-56H,12,17,19,21-24H2,1-11H3/t27-,28-,29+,30-,31-,35+,36-,37-,38+,39-,40-,42+,43-,44-/m1/s1. The van der Waals surface area contributed by atoms with E-state index in [2.05, 4.69) is 32.3 Å². The lowest BCUT2D eigenvalue weighted by Crippen LogP contribution is -2.59. The quantitative estimate of drug-likeness (QED) is 0.206. The molecule has 2 aliphatic heterocycles. The van der Waals surface area contributed by atoms with Crippen molar-refractivity contribution in [2.75, 3.05) is 34.3 Å². The van der Waals surface area contributed by atoms with Crippen LogP contribution in [0.4, 0.5) is 0 Å². The molecule has 2 aliphatic rings. The molecule has 14 atom stereocenters. The Kier molecular flexibility index (Phi) is 16.1. The molecule has 5 rings (SSSR count). The number of aliphatic hydroxyl groups excluding tert-OH is 2. The van der Waals surface area contributed by atoms with Crippen LogP contribution in [-0.2, 0) is 36.7 Å². The Morgan fingerprint density at radius 3 is 2.40 bits per heavy atom. The molecule has 1 aromatic carbocycles. The number of cyclic esters (lactones) is 1. The number of nitrogens with zero attached hydrogens (tertiary/aromatic N) is 7. The van der Waals surface area contributed by atoms with Crippen LogP contribution >= 0.6 is 0 Å². The number of benzene rings is 1. The molecular formula is C44H71N7O9. The van der Waals surface area contributed by atoms with Gasteiger partial charge in [0.1, 0.15) is 23.9 Å². The highest BCUT2D eigenvalue weighted by Crippen LogP contribution is 2.37. The van der Waals surface area contributed by atoms with E-state index in [0.717, 1.165) is 16.9 Å². The molecular weight excluding hydrogens is 771 g/mol. The molecule has 4 N–H and O–H groups in total. The van der Waals surface area contributed by atoms with Crippen LogP contribution in [0.5, 0.6) is 0 Å². The topological polar surface area (TPSA) is 190 Å². The predicted molar refractivity (Wildman–Crippen MR) is 225 cm³/mol. The van der Waals surface area contributed by atoms with Gasteiger partial charge in [0.05, 0.1) is 48.4 Å². The average molecular weight is 842 g/mol. The first-order chi connectivity index (χ1) is 28.3. The van der Waals surface area contributed by atoms with Crippen LogP contribution in [0.25, 0.3) is 5.69 Å². The lowest BCUT2D eigenvalue weighted by molar-refractivity contribution is -0.300. The zero-order valence-electron chi connectivity index (χ0n) is 37.5. The Morgan fingerprint density at radius 2 is 1.77 bits per heavy atom. The van der Waals surface area contributed by atoms with Gasteiger partial charge in [-0.2, -0.15) is 0 Å². The maximum Gasteiger partial charge on any atom is 0.311 e. The van der Waals surface area contributed by atoms with Crippen LogP contribution in [0.15, 0.2) is 49.2 Å². The molecule has 336 valence electrons. The summed E-state index contributed by atoms with van der Waals surface area (Å²) in [6.45, 7) is 16.0. The van der Waals surface area contributed by atoms with Crippen LogP contribution in [0.1, 0.15) is 85.9 Å². The first kappa shape index (κ1) is 47.7. The third kappa shape index (κ3) is 11.2. The summed E-state index contributed by atoms with van der Waals surface area (Å²) in [6.07, 6.45) is 2.63. The number of rotatable bonds is 11. The normalized spacial score (nSPS) is 36.8. The monoisotopic (exact) mass is 842 g/mol. The van der Waals surface area contributed by atoms with Crippen LogP contribution in [0.3, 0.4) is 0 Å². The number of aliphatic hydroxyl groups is 4. The number of ether oxygens (including phenoxy) is 4. The van der Waals surface area contributed by atoms with Crippen molar-refractivity contribution in [3.05, 3.63) is 60.4 Å². The van der Waals surface area contributed by atoms with Crippen molar-refractivity contribution in [3.63, 3.8) is 0 Å². The fourth-order valence-electron chi connectivity index (χ4n) is 9.43. The number of esters is 1. The molecule has 2 saturated heterocycles. The minimum atomic E-state index is -1.74. The van der Waals surface area contributed by atoms with Gasteiger partial charge in [0.15, 0.2) is 6.29 Å². The van der Waals surface area contributed by atoms with Gasteiger partial charge in [-0.1, -0.05) is 38.1 Å². The Morgan fingerprint density at radius 1 is 1.07 bits per heavy atom. The number of methoxy groups -OCH3 is 1. The van der Waals surface area contributed by atoms with Crippen LogP contribution < -0.4 is 0 Å². The smallest absolute Gasteiger partial charge is 0.311 e. The molecule has 0 amide bonds. The first-order valence-electron chi connectivity index (χ1n) is 21.5. The molecule has 0 spiro atoms. The summed E-state index contributed by atoms with van der Waals surface area (Å²) < 4.78 is 28.7. The molecule has 0 saturated carbocycles. The van der Waals surface area contributed by atoms with Gasteiger partial charge in [-0.05, 0) is 91.6 Å². The lowest BCUT2D eigenvalue weighted by atomic mass is 9.78. The number of imidazole rings is 1. The van der Waals surface area contributed by atoms with Crippen LogP contribution in [-0.4, -0.2) is 161 Å². The fourth-order valence-corrected chi connectivity index (χ4v) is 9.43. The second kappa shape index (κ2) is 20.2. The van der Waals surface area contributed by atoms with Crippen LogP contribution in [0.2, 0.25) is 0 Å². The number of hydrogen-bond donors (Lipinski definition) is 4. The van der Waals surface area contributed by atoms with Gasteiger partial charge in [0.2, 0.25) is 0 Å². The highest BCUT2D eigenvalue weighted by molar-refractivity contribution is 5.73. The number of aromatic nitrogens is 5. The average Bonchev–Trinajstić information content (AvgIpc) is 3.91. The molecule has 0 aliphatic carbocycles. The summed E-state index contributed by atoms with van der Waals surface area (Å²) >= 11 is 0. The van der Waals surface area contributed by atoms with Crippen molar-refractivity contribution in [3.8, 4) is 5.69 Å². The third-order valence-corrected chi connectivity index (χ3v) is 13.0. The maximum atomic E-state index is 13.8. The van der Waals surface area contributed by atoms with Gasteiger partial charge >= 0.3 is 5.97 Å². The van der Waals surface area contributed by atoms with E-state index in [0.29, 0.717) is 32.5 Å². The van der Waals surface area contributed by atoms with Gasteiger partial charge in [0.25, 0.3) is 0 Å². The summed E-state index contributed by atoms with van der Waals surface area (Å²) in [5.74, 6) is -2.17. The Labute approximate surface area is 355 Å². The second-order valence-corrected chi connectivity index (χ2v) is 18.1. The predicted octanol–water partition coefficient (Wildman–Crippen LogP) is 3.07. The zero-order valence-corrected chi connectivity index (χ0v) is 37.5. The first-order valence-corrected chi connectivity index (χ1v) is 21.5. The minimum absolute atomic E-state index is 0.104. The molecule has 2 aromatic heterocycles. The Hall–Kier alpha value is -3.32. The molecule has 0 radical (unpaired) electrons. The molecule has 0 unspecified atom stereocenters. The lowest BCUT2D eigenvalue weighted by Gasteiger charge is -2.47. The van der Waals surface area contributed by atoms with Gasteiger partial charge in [-0.15, -0.1) is 5.10 Å². The summed E-state index contributed by atoms with van der Waals surface area (Å²) in [5, 5.41) is 56.1. The molecule has 2 fully saturated rings. The van der Waals surface area contributed by atoms with Crippen LogP contribution in [0, 0.1) is 17.8 Å². The highest BCUT2D eigenvalue weighted by Gasteiger charge is 2.50. The molecule has 0 bridgehead atoms. The van der Waals surface area contributed by atoms with Crippen molar-refractivity contribution >= 4 is 5.97 Å². The summed E-state index contributed by atoms with van der Waals surface area (Å²) in [6, 6.07) is 7.36. The van der Waals surface area contributed by atoms with Crippen molar-refractivity contribution in [1.29, 1.82) is 0 Å². The Bertz CT molecular complexity index is 1770. The SMILES string of the molecule is CC[C@H]1OC(=O)[C@H](C)[C@@H](OC)[C@H](C)[C@@H](O[C@@H]2O[C@H](C)C[C@H](N(C)CCc3cn(Cc4ccc(-n5ccnc5)cc4)nn3)[C@H]2O)[C@](C)(O)C[C@@H](C)CN(C)[C@H](C)[C@@H](O)[C@]1(C)O. The van der Waals surface area contributed by atoms with E-state index in [-0.39, 0.29) is 30.9 Å². The van der Waals surface area contributed by atoms with E-state index >= 15 is 0 Å². The zero-order chi connectivity index (χ0) is 44.1. The maximum absolute atomic E-state index is 13.8. The minimum Gasteiger partial charge on any atom is -0.459 e. The largest absolute Gasteiger partial charge is 0.459 e. The van der Waals surface area contributed by atoms with E-state index in [1.54, 1.807) is 33.3 Å². The Balaban J connectivity index is 1.31. The summed E-state index contributed by atoms with van der Waals surface area (Å²) in [4.78, 5) is 21.9. The third-order valence-electron chi connectivity index (χ3n) is 13.0. The summed E-state index contributed by atoms with van der Waals surface area (Å²) in [7, 11) is 5.32. The van der Waals surface area contributed by atoms with E-state index in [1.165, 1.54) is 14.0 Å². The molecule has 16 nitrogen and oxygen atoms in total. The highest BCUT2D eigenvalue weighted by atomic mass is 16.7. The van der Waals surface area contributed by atoms with E-state index < -0.39 is 71.9 Å². The summed E-state index contributed by atoms with van der Waals surface area (Å²) in [5.41, 5.74) is -0.278. The number of hydrogen-bond acceptors (Lipinski definition) is 14. The van der Waals surface area contributed by atoms with Crippen molar-refractivity contribution in [2.24, 2.45) is 17.8 Å². The van der Waals surface area contributed by atoms with Gasteiger partial charge in [0, 0.05) is 68.9 Å². The van der Waals surface area contributed by atoms with Gasteiger partial charge in [-0.25, -0.2) is 9.67 Å². The van der Waals surface area contributed by atoms with Crippen molar-refractivity contribution in [2.45, 2.75) is 154 Å². The molecule has 16 heteroatoms. The van der Waals surface area contributed by atoms with Gasteiger partial charge < -0.3 is 53.7 Å².